The van der Waals surface area contributed by atoms with Crippen LogP contribution in [0.3, 0.4) is 0 Å². The van der Waals surface area contributed by atoms with Crippen molar-refractivity contribution in [2.45, 2.75) is 38.1 Å². The number of carbonyl (C=O) groups is 1. The number of hydrogen-bond donors (Lipinski definition) is 0. The van der Waals surface area contributed by atoms with Gasteiger partial charge in [-0.2, -0.15) is 5.10 Å². The number of anilines is 1. The van der Waals surface area contributed by atoms with E-state index in [0.717, 1.165) is 5.82 Å². The summed E-state index contributed by atoms with van der Waals surface area (Å²) >= 11 is 5.99. The second kappa shape index (κ2) is 3.77. The molecule has 88 valence electrons. The molecular weight excluding hydrogens is 226 g/mol. The van der Waals surface area contributed by atoms with Crippen molar-refractivity contribution in [3.63, 3.8) is 0 Å². The summed E-state index contributed by atoms with van der Waals surface area (Å²) in [5.41, 5.74) is -0.135. The van der Waals surface area contributed by atoms with E-state index in [1.807, 2.05) is 10.7 Å². The third kappa shape index (κ3) is 1.94. The number of amides is 1. The van der Waals surface area contributed by atoms with Crippen LogP contribution >= 0.6 is 11.6 Å². The van der Waals surface area contributed by atoms with Gasteiger partial charge in [0.05, 0.1) is 17.1 Å². The van der Waals surface area contributed by atoms with Crippen molar-refractivity contribution in [2.24, 2.45) is 0 Å². The van der Waals surface area contributed by atoms with Gasteiger partial charge in [0.25, 0.3) is 0 Å². The predicted molar refractivity (Wildman–Crippen MR) is 63.8 cm³/mol. The topological polar surface area (TPSA) is 38.1 Å². The molecule has 16 heavy (non-hydrogen) atoms. The van der Waals surface area contributed by atoms with E-state index < -0.39 is 0 Å². The van der Waals surface area contributed by atoms with Crippen LogP contribution in [0.1, 0.15) is 27.2 Å². The quantitative estimate of drug-likeness (QED) is 0.706. The second-order valence-corrected chi connectivity index (χ2v) is 5.69. The van der Waals surface area contributed by atoms with Crippen LogP contribution in [0.25, 0.3) is 0 Å². The first kappa shape index (κ1) is 11.5. The molecule has 1 aliphatic heterocycles. The number of nitrogens with zero attached hydrogens (tertiary/aromatic N) is 3. The summed E-state index contributed by atoms with van der Waals surface area (Å²) in [6.45, 7) is 6.74. The van der Waals surface area contributed by atoms with E-state index >= 15 is 0 Å². The SMILES string of the molecule is CC(C)(C)n1nccc1N1CC(Cl)CC1=O. The number of hydrogen-bond acceptors (Lipinski definition) is 2. The van der Waals surface area contributed by atoms with Crippen LogP contribution in [0.4, 0.5) is 5.82 Å². The van der Waals surface area contributed by atoms with Crippen LogP contribution in [0.2, 0.25) is 0 Å². The minimum absolute atomic E-state index is 0.0750. The molecule has 1 atom stereocenters. The minimum Gasteiger partial charge on any atom is -0.295 e. The van der Waals surface area contributed by atoms with Crippen LogP contribution < -0.4 is 4.90 Å². The Morgan fingerprint density at radius 3 is 2.69 bits per heavy atom. The molecule has 0 bridgehead atoms. The first-order chi connectivity index (χ1) is 7.39. The number of aromatic nitrogens is 2. The Bertz CT molecular complexity index is 408. The van der Waals surface area contributed by atoms with Crippen LogP contribution in [0.5, 0.6) is 0 Å². The molecule has 0 N–H and O–H groups in total. The Hall–Kier alpha value is -1.03. The largest absolute Gasteiger partial charge is 0.295 e. The Morgan fingerprint density at radius 2 is 2.19 bits per heavy atom. The van der Waals surface area contributed by atoms with Gasteiger partial charge in [-0.05, 0) is 20.8 Å². The van der Waals surface area contributed by atoms with E-state index in [1.165, 1.54) is 0 Å². The van der Waals surface area contributed by atoms with E-state index in [1.54, 1.807) is 11.1 Å². The fourth-order valence-corrected chi connectivity index (χ4v) is 2.17. The number of carbonyl (C=O) groups excluding carboxylic acids is 1. The first-order valence-electron chi connectivity index (χ1n) is 5.38. The fourth-order valence-electron chi connectivity index (χ4n) is 1.90. The van der Waals surface area contributed by atoms with Gasteiger partial charge in [0.1, 0.15) is 5.82 Å². The van der Waals surface area contributed by atoms with E-state index in [-0.39, 0.29) is 16.8 Å². The molecule has 0 spiro atoms. The molecule has 5 heteroatoms. The van der Waals surface area contributed by atoms with Crippen molar-refractivity contribution in [3.05, 3.63) is 12.3 Å². The molecule has 0 radical (unpaired) electrons. The summed E-state index contributed by atoms with van der Waals surface area (Å²) in [4.78, 5) is 13.5. The average molecular weight is 242 g/mol. The second-order valence-electron chi connectivity index (χ2n) is 5.08. The lowest BCUT2D eigenvalue weighted by Gasteiger charge is -2.26. The van der Waals surface area contributed by atoms with Crippen molar-refractivity contribution >= 4 is 23.3 Å². The van der Waals surface area contributed by atoms with Gasteiger partial charge in [-0.1, -0.05) is 0 Å². The summed E-state index contributed by atoms with van der Waals surface area (Å²) in [5.74, 6) is 0.909. The fraction of sp³-hybridized carbons (Fsp3) is 0.636. The van der Waals surface area contributed by atoms with Gasteiger partial charge < -0.3 is 0 Å². The Balaban J connectivity index is 2.35. The molecule has 0 saturated carbocycles. The summed E-state index contributed by atoms with van der Waals surface area (Å²) in [7, 11) is 0. The smallest absolute Gasteiger partial charge is 0.229 e. The molecule has 2 rings (SSSR count). The highest BCUT2D eigenvalue weighted by Crippen LogP contribution is 2.27. The highest BCUT2D eigenvalue weighted by molar-refractivity contribution is 6.24. The molecule has 0 aliphatic carbocycles. The zero-order valence-corrected chi connectivity index (χ0v) is 10.5. The normalized spacial score (nSPS) is 21.9. The third-order valence-corrected chi connectivity index (χ3v) is 2.90. The van der Waals surface area contributed by atoms with Gasteiger partial charge in [-0.25, -0.2) is 4.68 Å². The van der Waals surface area contributed by atoms with E-state index in [0.29, 0.717) is 13.0 Å². The maximum atomic E-state index is 11.8. The van der Waals surface area contributed by atoms with Gasteiger partial charge in [-0.3, -0.25) is 9.69 Å². The van der Waals surface area contributed by atoms with Crippen LogP contribution in [-0.2, 0) is 10.3 Å². The van der Waals surface area contributed by atoms with Crippen molar-refractivity contribution in [3.8, 4) is 0 Å². The lowest BCUT2D eigenvalue weighted by molar-refractivity contribution is -0.117. The predicted octanol–water partition coefficient (Wildman–Crippen LogP) is 1.98. The van der Waals surface area contributed by atoms with Crippen LogP contribution in [-0.4, -0.2) is 27.6 Å². The van der Waals surface area contributed by atoms with Crippen molar-refractivity contribution in [1.82, 2.24) is 9.78 Å². The number of rotatable bonds is 1. The molecule has 1 fully saturated rings. The lowest BCUT2D eigenvalue weighted by atomic mass is 10.1. The maximum absolute atomic E-state index is 11.8. The summed E-state index contributed by atoms with van der Waals surface area (Å²) in [6.07, 6.45) is 2.13. The average Bonchev–Trinajstić information content (AvgIpc) is 2.69. The maximum Gasteiger partial charge on any atom is 0.229 e. The minimum atomic E-state index is -0.135. The zero-order valence-electron chi connectivity index (χ0n) is 9.77. The molecule has 1 saturated heterocycles. The Kier molecular flexibility index (Phi) is 2.70. The molecule has 1 amide bonds. The van der Waals surface area contributed by atoms with E-state index in [2.05, 4.69) is 25.9 Å². The van der Waals surface area contributed by atoms with Crippen molar-refractivity contribution in [2.75, 3.05) is 11.4 Å². The third-order valence-electron chi connectivity index (χ3n) is 2.61. The van der Waals surface area contributed by atoms with Crippen molar-refractivity contribution in [1.29, 1.82) is 0 Å². The van der Waals surface area contributed by atoms with Crippen LogP contribution in [0.15, 0.2) is 12.3 Å². The van der Waals surface area contributed by atoms with Crippen molar-refractivity contribution < 1.29 is 4.79 Å². The lowest BCUT2D eigenvalue weighted by Crippen LogP contribution is -2.32. The number of halogens is 1. The zero-order chi connectivity index (χ0) is 11.9. The Morgan fingerprint density at radius 1 is 1.50 bits per heavy atom. The first-order valence-corrected chi connectivity index (χ1v) is 5.82. The van der Waals surface area contributed by atoms with Gasteiger partial charge in [-0.15, -0.1) is 11.6 Å². The van der Waals surface area contributed by atoms with Gasteiger partial charge in [0.2, 0.25) is 5.91 Å². The molecule has 0 aromatic carbocycles. The van der Waals surface area contributed by atoms with Gasteiger partial charge >= 0.3 is 0 Å². The Labute approximate surface area is 100 Å². The molecule has 1 unspecified atom stereocenters. The number of alkyl halides is 1. The monoisotopic (exact) mass is 241 g/mol. The van der Waals surface area contributed by atoms with E-state index in [4.69, 9.17) is 11.6 Å². The summed E-state index contributed by atoms with van der Waals surface area (Å²) in [5, 5.41) is 4.18. The molecular formula is C11H16ClN3O. The van der Waals surface area contributed by atoms with Gasteiger partial charge in [0.15, 0.2) is 0 Å². The standard InChI is InChI=1S/C11H16ClN3O/c1-11(2,3)15-9(4-5-13-15)14-7-8(12)6-10(14)16/h4-5,8H,6-7H2,1-3H3. The van der Waals surface area contributed by atoms with E-state index in [9.17, 15) is 4.79 Å². The van der Waals surface area contributed by atoms with Crippen LogP contribution in [0, 0.1) is 0 Å². The highest BCUT2D eigenvalue weighted by Gasteiger charge is 2.32. The summed E-state index contributed by atoms with van der Waals surface area (Å²) < 4.78 is 1.86. The molecule has 1 aromatic heterocycles. The van der Waals surface area contributed by atoms with Gasteiger partial charge in [0, 0.05) is 19.0 Å². The summed E-state index contributed by atoms with van der Waals surface area (Å²) in [6, 6.07) is 1.86. The highest BCUT2D eigenvalue weighted by atomic mass is 35.5. The molecule has 1 aliphatic rings. The molecule has 4 nitrogen and oxygen atoms in total. The molecule has 1 aromatic rings. The molecule has 2 heterocycles.